The van der Waals surface area contributed by atoms with Gasteiger partial charge in [0.05, 0.1) is 6.10 Å². The van der Waals surface area contributed by atoms with E-state index >= 15 is 0 Å². The van der Waals surface area contributed by atoms with Gasteiger partial charge in [-0.2, -0.15) is 0 Å². The third-order valence-electron chi connectivity index (χ3n) is 4.21. The molecule has 0 saturated carbocycles. The summed E-state index contributed by atoms with van der Waals surface area (Å²) in [5, 5.41) is 15.6. The van der Waals surface area contributed by atoms with Gasteiger partial charge in [0.1, 0.15) is 0 Å². The Hall–Kier alpha value is -2.37. The first kappa shape index (κ1) is 16.5. The molecule has 0 fully saturated rings. The zero-order valence-corrected chi connectivity index (χ0v) is 13.6. The van der Waals surface area contributed by atoms with Crippen LogP contribution in [0.3, 0.4) is 0 Å². The number of aliphatic hydroxyl groups is 1. The van der Waals surface area contributed by atoms with Gasteiger partial charge in [-0.3, -0.25) is 4.90 Å². The van der Waals surface area contributed by atoms with E-state index in [2.05, 4.69) is 33.7 Å². The Balaban J connectivity index is 1.41. The number of amides is 2. The van der Waals surface area contributed by atoms with Crippen molar-refractivity contribution in [3.63, 3.8) is 0 Å². The van der Waals surface area contributed by atoms with Crippen LogP contribution in [0.4, 0.5) is 10.5 Å². The van der Waals surface area contributed by atoms with Crippen LogP contribution in [-0.4, -0.2) is 41.8 Å². The lowest BCUT2D eigenvalue weighted by atomic mass is 10.00. The highest BCUT2D eigenvalue weighted by molar-refractivity contribution is 5.89. The van der Waals surface area contributed by atoms with Gasteiger partial charge in [-0.25, -0.2) is 4.79 Å². The molecule has 0 spiro atoms. The molecule has 0 bridgehead atoms. The fourth-order valence-electron chi connectivity index (χ4n) is 2.98. The van der Waals surface area contributed by atoms with Crippen molar-refractivity contribution in [2.45, 2.75) is 19.1 Å². The van der Waals surface area contributed by atoms with Crippen molar-refractivity contribution in [2.75, 3.05) is 25.0 Å². The highest BCUT2D eigenvalue weighted by Gasteiger charge is 2.18. The molecule has 2 aromatic carbocycles. The number of benzene rings is 2. The van der Waals surface area contributed by atoms with Crippen molar-refractivity contribution >= 4 is 11.7 Å². The minimum atomic E-state index is -0.586. The van der Waals surface area contributed by atoms with E-state index in [1.807, 2.05) is 36.4 Å². The highest BCUT2D eigenvalue weighted by Crippen LogP contribution is 2.18. The molecular weight excluding hydrogens is 302 g/mol. The van der Waals surface area contributed by atoms with Gasteiger partial charge in [0.15, 0.2) is 0 Å². The standard InChI is InChI=1S/C19H23N3O2/c23-18(12-20-19(24)21-17-8-2-1-3-9-17)14-22-11-10-15-6-4-5-7-16(15)13-22/h1-9,18,23H,10-14H2,(H2,20,21,24). The van der Waals surface area contributed by atoms with E-state index in [-0.39, 0.29) is 12.6 Å². The predicted molar refractivity (Wildman–Crippen MR) is 94.9 cm³/mol. The molecule has 2 aromatic rings. The summed E-state index contributed by atoms with van der Waals surface area (Å²) in [6.07, 6.45) is 0.418. The SMILES string of the molecule is O=C(NCC(O)CN1CCc2ccccc2C1)Nc1ccccc1. The number of hydrogen-bond donors (Lipinski definition) is 3. The van der Waals surface area contributed by atoms with Crippen LogP contribution in [0.1, 0.15) is 11.1 Å². The summed E-state index contributed by atoms with van der Waals surface area (Å²) in [6.45, 7) is 2.57. The minimum absolute atomic E-state index is 0.233. The Morgan fingerprint density at radius 1 is 1.08 bits per heavy atom. The highest BCUT2D eigenvalue weighted by atomic mass is 16.3. The summed E-state index contributed by atoms with van der Waals surface area (Å²) in [6, 6.07) is 17.4. The second-order valence-corrected chi connectivity index (χ2v) is 6.11. The largest absolute Gasteiger partial charge is 0.390 e. The number of nitrogens with one attached hydrogen (secondary N) is 2. The summed E-state index contributed by atoms with van der Waals surface area (Å²) in [5.74, 6) is 0. The van der Waals surface area contributed by atoms with Crippen molar-refractivity contribution in [2.24, 2.45) is 0 Å². The van der Waals surface area contributed by atoms with E-state index < -0.39 is 6.10 Å². The number of β-amino-alcohol motifs (C(OH)–C–C–N with tert-alkyl or cyclic N) is 1. The van der Waals surface area contributed by atoms with Gasteiger partial charge in [-0.05, 0) is 29.7 Å². The minimum Gasteiger partial charge on any atom is -0.390 e. The van der Waals surface area contributed by atoms with Gasteiger partial charge in [0, 0.05) is 31.9 Å². The molecule has 1 aliphatic heterocycles. The first-order chi connectivity index (χ1) is 11.7. The average molecular weight is 325 g/mol. The zero-order chi connectivity index (χ0) is 16.8. The molecular formula is C19H23N3O2. The van der Waals surface area contributed by atoms with Crippen LogP contribution < -0.4 is 10.6 Å². The first-order valence-electron chi connectivity index (χ1n) is 8.28. The van der Waals surface area contributed by atoms with E-state index in [1.165, 1.54) is 11.1 Å². The second kappa shape index (κ2) is 7.95. The summed E-state index contributed by atoms with van der Waals surface area (Å²) >= 11 is 0. The number of rotatable bonds is 5. The van der Waals surface area contributed by atoms with Gasteiger partial charge >= 0.3 is 6.03 Å². The summed E-state index contributed by atoms with van der Waals surface area (Å²) in [7, 11) is 0. The molecule has 1 heterocycles. The summed E-state index contributed by atoms with van der Waals surface area (Å²) < 4.78 is 0. The molecule has 5 heteroatoms. The van der Waals surface area contributed by atoms with Crippen molar-refractivity contribution in [1.82, 2.24) is 10.2 Å². The molecule has 0 radical (unpaired) electrons. The Labute approximate surface area is 142 Å². The maximum absolute atomic E-state index is 11.8. The van der Waals surface area contributed by atoms with Crippen LogP contribution in [0.15, 0.2) is 54.6 Å². The number of para-hydroxylation sites is 1. The van der Waals surface area contributed by atoms with E-state index in [4.69, 9.17) is 0 Å². The van der Waals surface area contributed by atoms with E-state index in [1.54, 1.807) is 0 Å². The third-order valence-corrected chi connectivity index (χ3v) is 4.21. The lowest BCUT2D eigenvalue weighted by Gasteiger charge is -2.30. The number of nitrogens with zero attached hydrogens (tertiary/aromatic N) is 1. The second-order valence-electron chi connectivity index (χ2n) is 6.11. The molecule has 5 nitrogen and oxygen atoms in total. The molecule has 0 aromatic heterocycles. The van der Waals surface area contributed by atoms with Gasteiger partial charge in [-0.1, -0.05) is 42.5 Å². The number of urea groups is 1. The summed E-state index contributed by atoms with van der Waals surface area (Å²) in [4.78, 5) is 14.1. The lowest BCUT2D eigenvalue weighted by Crippen LogP contribution is -2.42. The van der Waals surface area contributed by atoms with Crippen LogP contribution in [0, 0.1) is 0 Å². The van der Waals surface area contributed by atoms with Crippen molar-refractivity contribution in [3.8, 4) is 0 Å². The van der Waals surface area contributed by atoms with Crippen LogP contribution in [-0.2, 0) is 13.0 Å². The quantitative estimate of drug-likeness (QED) is 0.790. The van der Waals surface area contributed by atoms with E-state index in [0.717, 1.165) is 25.2 Å². The van der Waals surface area contributed by atoms with Crippen LogP contribution in [0.5, 0.6) is 0 Å². The smallest absolute Gasteiger partial charge is 0.319 e. The fourth-order valence-corrected chi connectivity index (χ4v) is 2.98. The van der Waals surface area contributed by atoms with Crippen molar-refractivity contribution < 1.29 is 9.90 Å². The Bertz CT molecular complexity index is 675. The first-order valence-corrected chi connectivity index (χ1v) is 8.28. The normalized spacial score (nSPS) is 15.4. The molecule has 1 aliphatic rings. The molecule has 2 amide bonds. The van der Waals surface area contributed by atoms with Gasteiger partial charge < -0.3 is 15.7 Å². The van der Waals surface area contributed by atoms with Crippen LogP contribution in [0.2, 0.25) is 0 Å². The summed E-state index contributed by atoms with van der Waals surface area (Å²) in [5.41, 5.74) is 3.45. The number of aliphatic hydroxyl groups excluding tert-OH is 1. The number of fused-ring (bicyclic) bond motifs is 1. The molecule has 126 valence electrons. The molecule has 0 saturated heterocycles. The number of carbonyl (C=O) groups excluding carboxylic acids is 1. The van der Waals surface area contributed by atoms with Crippen molar-refractivity contribution in [1.29, 1.82) is 0 Å². The molecule has 1 atom stereocenters. The zero-order valence-electron chi connectivity index (χ0n) is 13.6. The molecule has 0 aliphatic carbocycles. The topological polar surface area (TPSA) is 64.6 Å². The average Bonchev–Trinajstić information content (AvgIpc) is 2.61. The Morgan fingerprint density at radius 2 is 1.79 bits per heavy atom. The monoisotopic (exact) mass is 325 g/mol. The third kappa shape index (κ3) is 4.57. The molecule has 1 unspecified atom stereocenters. The lowest BCUT2D eigenvalue weighted by molar-refractivity contribution is 0.106. The molecule has 3 N–H and O–H groups in total. The van der Waals surface area contributed by atoms with Gasteiger partial charge in [0.2, 0.25) is 0 Å². The number of anilines is 1. The van der Waals surface area contributed by atoms with Crippen molar-refractivity contribution in [3.05, 3.63) is 65.7 Å². The molecule has 24 heavy (non-hydrogen) atoms. The van der Waals surface area contributed by atoms with E-state index in [0.29, 0.717) is 6.54 Å². The van der Waals surface area contributed by atoms with Crippen LogP contribution >= 0.6 is 0 Å². The maximum atomic E-state index is 11.8. The molecule has 3 rings (SSSR count). The van der Waals surface area contributed by atoms with Gasteiger partial charge in [0.25, 0.3) is 0 Å². The fraction of sp³-hybridized carbons (Fsp3) is 0.316. The maximum Gasteiger partial charge on any atom is 0.319 e. The predicted octanol–water partition coefficient (Wildman–Crippen LogP) is 2.23. The van der Waals surface area contributed by atoms with E-state index in [9.17, 15) is 9.90 Å². The Morgan fingerprint density at radius 3 is 2.58 bits per heavy atom. The number of carbonyl (C=O) groups is 1. The van der Waals surface area contributed by atoms with Crippen LogP contribution in [0.25, 0.3) is 0 Å². The van der Waals surface area contributed by atoms with Gasteiger partial charge in [-0.15, -0.1) is 0 Å². The Kier molecular flexibility index (Phi) is 5.46. The number of hydrogen-bond acceptors (Lipinski definition) is 3.